The van der Waals surface area contributed by atoms with E-state index in [2.05, 4.69) is 32.0 Å². The molecule has 0 saturated heterocycles. The fraction of sp³-hybridized carbons (Fsp3) is 0.769. The van der Waals surface area contributed by atoms with Crippen LogP contribution >= 0.6 is 0 Å². The van der Waals surface area contributed by atoms with Gasteiger partial charge in [-0.1, -0.05) is 64.5 Å². The molecular weight excluding hydrogens is 404 g/mol. The Labute approximate surface area is 192 Å². The fourth-order valence-electron chi connectivity index (χ4n) is 4.99. The third-order valence-corrected chi connectivity index (χ3v) is 9.74. The van der Waals surface area contributed by atoms with Gasteiger partial charge in [0.1, 0.15) is 5.75 Å². The van der Waals surface area contributed by atoms with E-state index < -0.39 is 8.80 Å². The van der Waals surface area contributed by atoms with E-state index in [0.717, 1.165) is 18.2 Å². The van der Waals surface area contributed by atoms with E-state index in [4.69, 9.17) is 18.0 Å². The Morgan fingerprint density at radius 2 is 1.61 bits per heavy atom. The predicted octanol–water partition coefficient (Wildman–Crippen LogP) is 7.46. The summed E-state index contributed by atoms with van der Waals surface area (Å²) >= 11 is 0. The molecule has 0 N–H and O–H groups in total. The lowest BCUT2D eigenvalue weighted by atomic mass is 9.81. The van der Waals surface area contributed by atoms with Gasteiger partial charge in [0, 0.05) is 27.4 Å². The van der Waals surface area contributed by atoms with E-state index >= 15 is 0 Å². The lowest BCUT2D eigenvalue weighted by Crippen LogP contribution is -2.42. The molecule has 5 heteroatoms. The van der Waals surface area contributed by atoms with Crippen LogP contribution < -0.4 is 4.74 Å². The Kier molecular flexibility index (Phi) is 12.2. The maximum absolute atomic E-state index is 6.35. The average Bonchev–Trinajstić information content (AvgIpc) is 2.83. The highest BCUT2D eigenvalue weighted by Crippen LogP contribution is 2.40. The van der Waals surface area contributed by atoms with Crippen molar-refractivity contribution in [1.82, 2.24) is 0 Å². The molecule has 1 saturated carbocycles. The van der Waals surface area contributed by atoms with Crippen LogP contribution in [-0.4, -0.2) is 36.7 Å². The predicted molar refractivity (Wildman–Crippen MR) is 131 cm³/mol. The summed E-state index contributed by atoms with van der Waals surface area (Å²) in [5, 5.41) is 0. The molecule has 0 bridgehead atoms. The maximum Gasteiger partial charge on any atom is 0.500 e. The molecule has 178 valence electrons. The van der Waals surface area contributed by atoms with Crippen LogP contribution in [0.3, 0.4) is 0 Å². The standard InChI is InChI=1S/C26H46O4Si/c1-6-8-14-22(13-7-2)24-17-18-26(25(21-24)23-15-10-9-11-16-23)30-19-12-20-31(27-3,28-4)29-5/h17-18,21-23H,6-16,19-20H2,1-5H3. The Morgan fingerprint density at radius 1 is 0.903 bits per heavy atom. The van der Waals surface area contributed by atoms with Crippen molar-refractivity contribution in [3.63, 3.8) is 0 Å². The van der Waals surface area contributed by atoms with Crippen LogP contribution in [0.2, 0.25) is 6.04 Å². The van der Waals surface area contributed by atoms with Crippen molar-refractivity contribution in [2.75, 3.05) is 27.9 Å². The first-order chi connectivity index (χ1) is 15.1. The zero-order valence-electron chi connectivity index (χ0n) is 20.7. The summed E-state index contributed by atoms with van der Waals surface area (Å²) in [5.74, 6) is 2.40. The van der Waals surface area contributed by atoms with Crippen LogP contribution in [0.4, 0.5) is 0 Å². The molecule has 4 nitrogen and oxygen atoms in total. The van der Waals surface area contributed by atoms with Gasteiger partial charge in [0.15, 0.2) is 0 Å². The van der Waals surface area contributed by atoms with Crippen LogP contribution in [0.25, 0.3) is 0 Å². The fourth-order valence-corrected chi connectivity index (χ4v) is 6.68. The van der Waals surface area contributed by atoms with Crippen molar-refractivity contribution in [3.8, 4) is 5.75 Å². The van der Waals surface area contributed by atoms with E-state index in [1.165, 1.54) is 75.3 Å². The minimum absolute atomic E-state index is 0.641. The quantitative estimate of drug-likeness (QED) is 0.205. The van der Waals surface area contributed by atoms with E-state index in [0.29, 0.717) is 18.4 Å². The summed E-state index contributed by atoms with van der Waals surface area (Å²) in [7, 11) is 2.49. The number of benzene rings is 1. The normalized spacial score (nSPS) is 16.4. The van der Waals surface area contributed by atoms with Gasteiger partial charge < -0.3 is 18.0 Å². The molecule has 0 aliphatic heterocycles. The van der Waals surface area contributed by atoms with Crippen molar-refractivity contribution in [2.24, 2.45) is 0 Å². The van der Waals surface area contributed by atoms with Crippen LogP contribution in [0, 0.1) is 0 Å². The topological polar surface area (TPSA) is 36.9 Å². The van der Waals surface area contributed by atoms with Crippen molar-refractivity contribution in [2.45, 2.75) is 102 Å². The second-order valence-corrected chi connectivity index (χ2v) is 12.1. The number of hydrogen-bond acceptors (Lipinski definition) is 4. The third kappa shape index (κ3) is 7.88. The Morgan fingerprint density at radius 3 is 2.23 bits per heavy atom. The van der Waals surface area contributed by atoms with Crippen LogP contribution in [0.15, 0.2) is 18.2 Å². The van der Waals surface area contributed by atoms with Gasteiger partial charge in [-0.3, -0.25) is 0 Å². The Hall–Kier alpha value is -0.883. The van der Waals surface area contributed by atoms with Crippen molar-refractivity contribution >= 4 is 8.80 Å². The van der Waals surface area contributed by atoms with Gasteiger partial charge in [-0.05, 0) is 61.1 Å². The molecule has 1 atom stereocenters. The minimum Gasteiger partial charge on any atom is -0.493 e. The maximum atomic E-state index is 6.35. The number of unbranched alkanes of at least 4 members (excludes halogenated alkanes) is 1. The van der Waals surface area contributed by atoms with Gasteiger partial charge in [-0.2, -0.15) is 0 Å². The molecule has 0 radical (unpaired) electrons. The lowest BCUT2D eigenvalue weighted by molar-refractivity contribution is 0.121. The second-order valence-electron chi connectivity index (χ2n) is 9.01. The van der Waals surface area contributed by atoms with Crippen LogP contribution in [0.5, 0.6) is 5.75 Å². The second kappa shape index (κ2) is 14.3. The Bertz CT molecular complexity index is 603. The van der Waals surface area contributed by atoms with Crippen molar-refractivity contribution in [3.05, 3.63) is 29.3 Å². The molecule has 31 heavy (non-hydrogen) atoms. The summed E-state index contributed by atoms with van der Waals surface area (Å²) in [6.07, 6.45) is 13.9. The summed E-state index contributed by atoms with van der Waals surface area (Å²) in [6.45, 7) is 5.27. The summed E-state index contributed by atoms with van der Waals surface area (Å²) in [6, 6.07) is 7.85. The van der Waals surface area contributed by atoms with Gasteiger partial charge in [0.25, 0.3) is 0 Å². The molecule has 1 aromatic carbocycles. The third-order valence-electron chi connectivity index (χ3n) is 6.91. The first-order valence-corrected chi connectivity index (χ1v) is 14.5. The molecular formula is C26H46O4Si. The summed E-state index contributed by atoms with van der Waals surface area (Å²) in [5.41, 5.74) is 2.97. The average molecular weight is 451 g/mol. The molecule has 2 rings (SSSR count). The minimum atomic E-state index is -2.53. The molecule has 1 aliphatic carbocycles. The highest BCUT2D eigenvalue weighted by molar-refractivity contribution is 6.60. The summed E-state index contributed by atoms with van der Waals surface area (Å²) < 4.78 is 23.0. The van der Waals surface area contributed by atoms with Gasteiger partial charge in [-0.15, -0.1) is 0 Å². The van der Waals surface area contributed by atoms with Gasteiger partial charge in [0.2, 0.25) is 0 Å². The van der Waals surface area contributed by atoms with E-state index in [1.807, 2.05) is 0 Å². The van der Waals surface area contributed by atoms with Gasteiger partial charge >= 0.3 is 8.80 Å². The molecule has 0 spiro atoms. The molecule has 1 unspecified atom stereocenters. The molecule has 0 aromatic heterocycles. The molecule has 0 amide bonds. The van der Waals surface area contributed by atoms with Gasteiger partial charge in [0.05, 0.1) is 6.61 Å². The van der Waals surface area contributed by atoms with Gasteiger partial charge in [-0.25, -0.2) is 0 Å². The zero-order valence-corrected chi connectivity index (χ0v) is 21.7. The number of ether oxygens (including phenoxy) is 1. The van der Waals surface area contributed by atoms with Crippen molar-refractivity contribution in [1.29, 1.82) is 0 Å². The van der Waals surface area contributed by atoms with Crippen LogP contribution in [-0.2, 0) is 13.3 Å². The molecule has 1 aliphatic rings. The first-order valence-electron chi connectivity index (χ1n) is 12.5. The largest absolute Gasteiger partial charge is 0.500 e. The molecule has 1 aromatic rings. The van der Waals surface area contributed by atoms with E-state index in [9.17, 15) is 0 Å². The molecule has 0 heterocycles. The summed E-state index contributed by atoms with van der Waals surface area (Å²) in [4.78, 5) is 0. The molecule has 1 fully saturated rings. The first kappa shape index (κ1) is 26.4. The highest BCUT2D eigenvalue weighted by Gasteiger charge is 2.37. The highest BCUT2D eigenvalue weighted by atomic mass is 28.4. The van der Waals surface area contributed by atoms with Crippen molar-refractivity contribution < 1.29 is 18.0 Å². The SMILES string of the molecule is CCCCC(CCC)c1ccc(OCCC[Si](OC)(OC)OC)c(C2CCCCC2)c1. The van der Waals surface area contributed by atoms with E-state index in [-0.39, 0.29) is 0 Å². The van der Waals surface area contributed by atoms with E-state index in [1.54, 1.807) is 21.3 Å². The van der Waals surface area contributed by atoms with Crippen LogP contribution in [0.1, 0.15) is 107 Å². The number of hydrogen-bond donors (Lipinski definition) is 0. The Balaban J connectivity index is 2.13. The smallest absolute Gasteiger partial charge is 0.493 e. The number of rotatable bonds is 15. The lowest BCUT2D eigenvalue weighted by Gasteiger charge is -2.27. The monoisotopic (exact) mass is 450 g/mol. The zero-order chi connectivity index (χ0) is 22.5.